The van der Waals surface area contributed by atoms with E-state index in [1.54, 1.807) is 6.07 Å². The van der Waals surface area contributed by atoms with Gasteiger partial charge in [0.25, 0.3) is 6.29 Å². The summed E-state index contributed by atoms with van der Waals surface area (Å²) in [6.07, 6.45) is -6.40. The van der Waals surface area contributed by atoms with Gasteiger partial charge in [-0.3, -0.25) is 19.2 Å². The van der Waals surface area contributed by atoms with Crippen molar-refractivity contribution in [2.75, 3.05) is 13.7 Å². The van der Waals surface area contributed by atoms with Gasteiger partial charge < -0.3 is 58.7 Å². The maximum atomic E-state index is 12.5. The van der Waals surface area contributed by atoms with Crippen LogP contribution in [0.5, 0.6) is 46.0 Å². The predicted octanol–water partition coefficient (Wildman–Crippen LogP) is 2.97. The smallest absolute Gasteiger partial charge is 0.309 e. The van der Waals surface area contributed by atoms with Crippen molar-refractivity contribution in [2.24, 2.45) is 0 Å². The summed E-state index contributed by atoms with van der Waals surface area (Å²) in [6, 6.07) is 11.1. The van der Waals surface area contributed by atoms with Crippen molar-refractivity contribution in [3.63, 3.8) is 0 Å². The molecule has 2 aliphatic rings. The second-order valence-electron chi connectivity index (χ2n) is 10.6. The summed E-state index contributed by atoms with van der Waals surface area (Å²) in [5.41, 5.74) is 0.761. The zero-order valence-corrected chi connectivity index (χ0v) is 28.2. The van der Waals surface area contributed by atoms with Crippen LogP contribution >= 0.6 is 0 Å². The fraction of sp³-hybridized carbons (Fsp3) is 0.312. The number of ether oxygens (including phenoxy) is 7. The molecule has 0 amide bonds. The number of carboxylic acid groups (broad SMARTS) is 2. The van der Waals surface area contributed by atoms with Gasteiger partial charge >= 0.3 is 23.9 Å². The molecular weight excluding hydrogens is 663 g/mol. The third-order valence-electron chi connectivity index (χ3n) is 7.20. The van der Waals surface area contributed by atoms with E-state index in [9.17, 15) is 34.5 Å². The van der Waals surface area contributed by atoms with E-state index < -0.39 is 73.5 Å². The monoisotopic (exact) mass is 693 g/mol. The number of carbonyl (C=O) groups excluding carboxylic acids is 2. The fourth-order valence-corrected chi connectivity index (χ4v) is 4.92. The molecule has 5 N–H and O–H groups in total. The zero-order valence-electron chi connectivity index (χ0n) is 26.2. The number of aromatic hydroxyl groups is 3. The molecule has 4 unspecified atom stereocenters. The number of methoxy groups -OCH3 is 1. The summed E-state index contributed by atoms with van der Waals surface area (Å²) in [6.45, 7) is -0.328. The van der Waals surface area contributed by atoms with Crippen LogP contribution in [0.3, 0.4) is 0 Å². The van der Waals surface area contributed by atoms with E-state index in [1.807, 2.05) is 0 Å². The van der Waals surface area contributed by atoms with Crippen LogP contribution in [-0.2, 0) is 28.7 Å². The van der Waals surface area contributed by atoms with Crippen LogP contribution in [0.4, 0.5) is 0 Å². The molecule has 0 aliphatic carbocycles. The maximum Gasteiger partial charge on any atom is 0.309 e. The van der Waals surface area contributed by atoms with Crippen molar-refractivity contribution in [1.82, 2.24) is 0 Å². The van der Waals surface area contributed by atoms with Crippen LogP contribution < -0.4 is 23.7 Å². The first-order valence-electron chi connectivity index (χ1n) is 14.4. The molecule has 1 radical (unpaired) electrons. The number of carboxylic acids is 2. The standard InChI is InChI=1S/C32H30O16.Na/c1-42-21-10-15(2-4-18(21)34)29-24(14-43-27(40)8-6-25(36)37)44-20-5-3-16(11-22(20)45-29)30-32(47-28(41)9-7-26(38)39)48-31-19(35)12-17(33)13-23(31)46-30;/h2-5,10-13,24,29-30,32-35H,6-9,14H2,1H3,(H,36,37)(H,38,39);. The van der Waals surface area contributed by atoms with Crippen molar-refractivity contribution in [1.29, 1.82) is 0 Å². The summed E-state index contributed by atoms with van der Waals surface area (Å²) in [5.74, 6) is -4.87. The van der Waals surface area contributed by atoms with Gasteiger partial charge in [0.15, 0.2) is 52.8 Å². The number of hydrogen-bond acceptors (Lipinski definition) is 14. The van der Waals surface area contributed by atoms with Crippen molar-refractivity contribution in [3.8, 4) is 46.0 Å². The van der Waals surface area contributed by atoms with E-state index in [0.717, 1.165) is 6.07 Å². The zero-order chi connectivity index (χ0) is 34.5. The molecule has 0 saturated heterocycles. The SMILES string of the molecule is COc1cc(C2Oc3cc(C4Oc5cc(O)cc(O)c5OC4OC(=O)CCC(=O)O)ccc3OC2COC(=O)CCC(=O)O)ccc1O.[Na]. The molecule has 3 aromatic carbocycles. The predicted molar refractivity (Wildman–Crippen MR) is 163 cm³/mol. The van der Waals surface area contributed by atoms with Crippen molar-refractivity contribution < 1.29 is 77.9 Å². The van der Waals surface area contributed by atoms with Gasteiger partial charge in [-0.15, -0.1) is 0 Å². The number of hydrogen-bond donors (Lipinski definition) is 5. The molecule has 4 atom stereocenters. The number of phenols is 3. The van der Waals surface area contributed by atoms with Crippen LogP contribution in [0.1, 0.15) is 49.0 Å². The number of aliphatic carboxylic acids is 2. The van der Waals surface area contributed by atoms with Gasteiger partial charge in [0, 0.05) is 52.8 Å². The Kier molecular flexibility index (Phi) is 11.9. The van der Waals surface area contributed by atoms with Gasteiger partial charge in [-0.1, -0.05) is 12.1 Å². The molecule has 2 aliphatic heterocycles. The summed E-state index contributed by atoms with van der Waals surface area (Å²) >= 11 is 0. The van der Waals surface area contributed by atoms with Crippen molar-refractivity contribution in [2.45, 2.75) is 50.3 Å². The van der Waals surface area contributed by atoms with Gasteiger partial charge in [0.05, 0.1) is 32.8 Å². The second kappa shape index (κ2) is 15.9. The Bertz CT molecular complexity index is 1730. The first-order valence-corrected chi connectivity index (χ1v) is 14.4. The van der Waals surface area contributed by atoms with Crippen molar-refractivity contribution >= 4 is 53.4 Å². The first-order chi connectivity index (χ1) is 22.9. The summed E-state index contributed by atoms with van der Waals surface area (Å²) in [4.78, 5) is 46.5. The summed E-state index contributed by atoms with van der Waals surface area (Å²) in [5, 5.41) is 48.3. The Morgan fingerprint density at radius 1 is 0.694 bits per heavy atom. The largest absolute Gasteiger partial charge is 0.508 e. The molecule has 0 saturated carbocycles. The number of benzene rings is 3. The molecule has 5 rings (SSSR count). The Labute approximate surface area is 299 Å². The van der Waals surface area contributed by atoms with E-state index in [1.165, 1.54) is 43.5 Å². The fourth-order valence-electron chi connectivity index (χ4n) is 4.92. The van der Waals surface area contributed by atoms with Crippen LogP contribution in [-0.4, -0.2) is 105 Å². The van der Waals surface area contributed by atoms with Crippen LogP contribution in [0.15, 0.2) is 48.5 Å². The number of phenolic OH excluding ortho intramolecular Hbond substituents is 3. The number of carbonyl (C=O) groups is 4. The Morgan fingerprint density at radius 2 is 1.35 bits per heavy atom. The normalized spacial score (nSPS) is 18.7. The molecule has 255 valence electrons. The molecule has 49 heavy (non-hydrogen) atoms. The van der Waals surface area contributed by atoms with Crippen molar-refractivity contribution in [3.05, 3.63) is 59.7 Å². The summed E-state index contributed by atoms with van der Waals surface area (Å²) in [7, 11) is 1.36. The third kappa shape index (κ3) is 8.90. The molecule has 0 aromatic heterocycles. The maximum absolute atomic E-state index is 12.5. The Morgan fingerprint density at radius 3 is 2.04 bits per heavy atom. The minimum atomic E-state index is -1.52. The quantitative estimate of drug-likeness (QED) is 0.135. The first kappa shape index (κ1) is 36.8. The average Bonchev–Trinajstić information content (AvgIpc) is 3.05. The van der Waals surface area contributed by atoms with Gasteiger partial charge in [0.1, 0.15) is 12.4 Å². The summed E-state index contributed by atoms with van der Waals surface area (Å²) < 4.78 is 40.2. The van der Waals surface area contributed by atoms with Gasteiger partial charge in [-0.2, -0.15) is 0 Å². The molecule has 3 aromatic rings. The van der Waals surface area contributed by atoms with Crippen LogP contribution in [0, 0.1) is 0 Å². The molecule has 2 heterocycles. The van der Waals surface area contributed by atoms with Gasteiger partial charge in [-0.05, 0) is 24.3 Å². The van der Waals surface area contributed by atoms with Crippen LogP contribution in [0.25, 0.3) is 0 Å². The van der Waals surface area contributed by atoms with E-state index in [2.05, 4.69) is 0 Å². The molecule has 16 nitrogen and oxygen atoms in total. The molecule has 0 spiro atoms. The topological polar surface area (TPSA) is 234 Å². The third-order valence-corrected chi connectivity index (χ3v) is 7.20. The average molecular weight is 694 g/mol. The Balaban J connectivity index is 0.00000541. The molecule has 0 bridgehead atoms. The minimum absolute atomic E-state index is 0. The number of rotatable bonds is 12. The molecule has 17 heteroatoms. The van der Waals surface area contributed by atoms with Gasteiger partial charge in [-0.25, -0.2) is 0 Å². The van der Waals surface area contributed by atoms with E-state index >= 15 is 0 Å². The number of esters is 2. The second-order valence-corrected chi connectivity index (χ2v) is 10.6. The van der Waals surface area contributed by atoms with E-state index in [0.29, 0.717) is 11.1 Å². The Hall–Kier alpha value is -5.06. The van der Waals surface area contributed by atoms with Gasteiger partial charge in [0.2, 0.25) is 5.75 Å². The number of fused-ring (bicyclic) bond motifs is 2. The minimum Gasteiger partial charge on any atom is -0.508 e. The van der Waals surface area contributed by atoms with E-state index in [-0.39, 0.29) is 82.8 Å². The molecule has 0 fully saturated rings. The van der Waals surface area contributed by atoms with E-state index in [4.69, 9.17) is 43.4 Å². The van der Waals surface area contributed by atoms with Crippen LogP contribution in [0.2, 0.25) is 0 Å². The molecular formula is C32H30NaO16.